The van der Waals surface area contributed by atoms with E-state index in [0.29, 0.717) is 24.6 Å². The predicted octanol–water partition coefficient (Wildman–Crippen LogP) is 4.48. The second kappa shape index (κ2) is 10.1. The van der Waals surface area contributed by atoms with Gasteiger partial charge in [-0.25, -0.2) is 17.9 Å². The average molecular weight is 424 g/mol. The maximum absolute atomic E-state index is 12.6. The third-order valence-corrected chi connectivity index (χ3v) is 6.86. The minimum Gasteiger partial charge on any atom is -0.465 e. The van der Waals surface area contributed by atoms with E-state index in [1.54, 1.807) is 17.8 Å². The molecule has 2 aromatic carbocycles. The van der Waals surface area contributed by atoms with Crippen LogP contribution >= 0.6 is 11.8 Å². The number of nitrogens with one attached hydrogen (secondary N) is 1. The summed E-state index contributed by atoms with van der Waals surface area (Å²) in [6.45, 7) is 6.49. The van der Waals surface area contributed by atoms with Gasteiger partial charge in [-0.05, 0) is 47.7 Å². The van der Waals surface area contributed by atoms with Gasteiger partial charge in [-0.1, -0.05) is 39.0 Å². The lowest BCUT2D eigenvalue weighted by atomic mass is 10.0. The Morgan fingerprint density at radius 2 is 1.86 bits per heavy atom. The molecule has 0 aliphatic carbocycles. The Morgan fingerprint density at radius 3 is 2.43 bits per heavy atom. The van der Waals surface area contributed by atoms with Gasteiger partial charge in [0.1, 0.15) is 0 Å². The molecule has 2 aromatic rings. The molecule has 0 bridgehead atoms. The summed E-state index contributed by atoms with van der Waals surface area (Å²) in [5.74, 6) is 0.561. The highest BCUT2D eigenvalue weighted by atomic mass is 32.2. The highest BCUT2D eigenvalue weighted by molar-refractivity contribution is 7.99. The van der Waals surface area contributed by atoms with Crippen molar-refractivity contribution in [2.45, 2.75) is 42.9 Å². The Labute approximate surface area is 173 Å². The molecule has 0 aliphatic heterocycles. The Balaban J connectivity index is 0.00000420. The summed E-state index contributed by atoms with van der Waals surface area (Å²) < 4.78 is 32.5. The summed E-state index contributed by atoms with van der Waals surface area (Å²) in [6, 6.07) is 12.9. The third-order valence-electron chi connectivity index (χ3n) is 4.39. The van der Waals surface area contributed by atoms with Crippen LogP contribution in [0.15, 0.2) is 52.3 Å². The number of rotatable bonds is 9. The molecular formula is C21H29NO4S2. The Kier molecular flexibility index (Phi) is 8.10. The Bertz CT molecular complexity index is 913. The van der Waals surface area contributed by atoms with Gasteiger partial charge in [-0.2, -0.15) is 0 Å². The number of methoxy groups -OCH3 is 1. The molecular weight excluding hydrogens is 394 g/mol. The largest absolute Gasteiger partial charge is 0.465 e. The molecule has 0 radical (unpaired) electrons. The minimum absolute atomic E-state index is 0. The van der Waals surface area contributed by atoms with E-state index in [1.807, 2.05) is 6.92 Å². The van der Waals surface area contributed by atoms with Crippen molar-refractivity contribution in [1.29, 1.82) is 0 Å². The van der Waals surface area contributed by atoms with Crippen LogP contribution in [-0.4, -0.2) is 33.8 Å². The van der Waals surface area contributed by atoms with E-state index < -0.39 is 16.0 Å². The average Bonchev–Trinajstić information content (AvgIpc) is 2.70. The van der Waals surface area contributed by atoms with E-state index in [9.17, 15) is 13.2 Å². The standard InChI is InChI=1S/C21H27NO4S2.H2/c1-5-16-8-11-19(14-20(16)21(23)26-4)28(24,25)22-12-13-27-18-9-6-17(7-10-18)15(2)3;/h6-11,14-15,22H,5,12-13H2,1-4H3;1H. The fourth-order valence-electron chi connectivity index (χ4n) is 2.71. The first-order chi connectivity index (χ1) is 13.3. The number of thioether (sulfide) groups is 1. The molecule has 0 spiro atoms. The van der Waals surface area contributed by atoms with Gasteiger partial charge in [0.25, 0.3) is 0 Å². The minimum atomic E-state index is -3.69. The quantitative estimate of drug-likeness (QED) is 0.366. The molecule has 2 rings (SSSR count). The number of carbonyl (C=O) groups excluding carboxylic acids is 1. The highest BCUT2D eigenvalue weighted by Gasteiger charge is 2.18. The number of aryl methyl sites for hydroxylation is 1. The van der Waals surface area contributed by atoms with Gasteiger partial charge in [0.2, 0.25) is 10.0 Å². The van der Waals surface area contributed by atoms with E-state index in [0.717, 1.165) is 10.5 Å². The van der Waals surface area contributed by atoms with E-state index in [4.69, 9.17) is 4.74 Å². The summed E-state index contributed by atoms with van der Waals surface area (Å²) >= 11 is 1.59. The van der Waals surface area contributed by atoms with Crippen LogP contribution in [0.4, 0.5) is 0 Å². The number of hydrogen-bond acceptors (Lipinski definition) is 5. The molecule has 0 heterocycles. The zero-order valence-corrected chi connectivity index (χ0v) is 18.3. The molecule has 1 N–H and O–H groups in total. The number of sulfonamides is 1. The van der Waals surface area contributed by atoms with Crippen molar-refractivity contribution in [2.75, 3.05) is 19.4 Å². The maximum Gasteiger partial charge on any atom is 0.338 e. The van der Waals surface area contributed by atoms with Crippen molar-refractivity contribution in [3.63, 3.8) is 0 Å². The van der Waals surface area contributed by atoms with Gasteiger partial charge in [0, 0.05) is 18.6 Å². The molecule has 0 fully saturated rings. The molecule has 28 heavy (non-hydrogen) atoms. The van der Waals surface area contributed by atoms with Crippen LogP contribution in [-0.2, 0) is 21.2 Å². The first kappa shape index (κ1) is 22.5. The molecule has 0 amide bonds. The van der Waals surface area contributed by atoms with Crippen LogP contribution in [0.1, 0.15) is 49.6 Å². The van der Waals surface area contributed by atoms with Gasteiger partial charge in [-0.3, -0.25) is 0 Å². The Morgan fingerprint density at radius 1 is 1.18 bits per heavy atom. The van der Waals surface area contributed by atoms with Crippen molar-refractivity contribution in [1.82, 2.24) is 4.72 Å². The summed E-state index contributed by atoms with van der Waals surface area (Å²) in [6.07, 6.45) is 0.616. The smallest absolute Gasteiger partial charge is 0.338 e. The number of esters is 1. The highest BCUT2D eigenvalue weighted by Crippen LogP contribution is 2.22. The van der Waals surface area contributed by atoms with E-state index >= 15 is 0 Å². The van der Waals surface area contributed by atoms with Crippen LogP contribution < -0.4 is 4.72 Å². The summed E-state index contributed by atoms with van der Waals surface area (Å²) in [5, 5.41) is 0. The lowest BCUT2D eigenvalue weighted by Crippen LogP contribution is -2.26. The molecule has 0 atom stereocenters. The second-order valence-electron chi connectivity index (χ2n) is 6.63. The van der Waals surface area contributed by atoms with Gasteiger partial charge in [0.05, 0.1) is 17.6 Å². The SMILES string of the molecule is CCc1ccc(S(=O)(=O)NCCSc2ccc(C(C)C)cc2)cc1C(=O)OC.[HH]. The van der Waals surface area contributed by atoms with Crippen LogP contribution in [0, 0.1) is 0 Å². The molecule has 0 aromatic heterocycles. The van der Waals surface area contributed by atoms with E-state index in [-0.39, 0.29) is 11.9 Å². The number of ether oxygens (including phenoxy) is 1. The van der Waals surface area contributed by atoms with Gasteiger partial charge in [-0.15, -0.1) is 11.8 Å². The lowest BCUT2D eigenvalue weighted by Gasteiger charge is -2.11. The molecule has 0 saturated heterocycles. The fraction of sp³-hybridized carbons (Fsp3) is 0.381. The van der Waals surface area contributed by atoms with Gasteiger partial charge in [0.15, 0.2) is 0 Å². The van der Waals surface area contributed by atoms with Gasteiger partial charge >= 0.3 is 5.97 Å². The lowest BCUT2D eigenvalue weighted by molar-refractivity contribution is 0.0599. The summed E-state index contributed by atoms with van der Waals surface area (Å²) in [5.41, 5.74) is 2.32. The molecule has 0 unspecified atom stereocenters. The third kappa shape index (κ3) is 5.83. The molecule has 154 valence electrons. The maximum atomic E-state index is 12.6. The zero-order valence-electron chi connectivity index (χ0n) is 16.7. The predicted molar refractivity (Wildman–Crippen MR) is 116 cm³/mol. The fourth-order valence-corrected chi connectivity index (χ4v) is 4.66. The normalized spacial score (nSPS) is 11.6. The van der Waals surface area contributed by atoms with Crippen LogP contribution in [0.3, 0.4) is 0 Å². The number of benzene rings is 2. The van der Waals surface area contributed by atoms with Crippen LogP contribution in [0.2, 0.25) is 0 Å². The molecule has 0 aliphatic rings. The van der Waals surface area contributed by atoms with Gasteiger partial charge < -0.3 is 4.74 Å². The van der Waals surface area contributed by atoms with E-state index in [1.165, 1.54) is 24.8 Å². The molecule has 0 saturated carbocycles. The summed E-state index contributed by atoms with van der Waals surface area (Å²) in [7, 11) is -2.41. The first-order valence-corrected chi connectivity index (χ1v) is 11.7. The van der Waals surface area contributed by atoms with Crippen molar-refractivity contribution in [2.24, 2.45) is 0 Å². The molecule has 7 heteroatoms. The number of carbonyl (C=O) groups is 1. The first-order valence-electron chi connectivity index (χ1n) is 9.22. The topological polar surface area (TPSA) is 72.5 Å². The monoisotopic (exact) mass is 423 g/mol. The molecule has 5 nitrogen and oxygen atoms in total. The van der Waals surface area contributed by atoms with Crippen molar-refractivity contribution in [3.8, 4) is 0 Å². The number of hydrogen-bond donors (Lipinski definition) is 1. The zero-order chi connectivity index (χ0) is 20.7. The van der Waals surface area contributed by atoms with Crippen molar-refractivity contribution < 1.29 is 19.4 Å². The van der Waals surface area contributed by atoms with Crippen molar-refractivity contribution >= 4 is 27.8 Å². The van der Waals surface area contributed by atoms with Crippen LogP contribution in [0.5, 0.6) is 0 Å². The second-order valence-corrected chi connectivity index (χ2v) is 9.57. The van der Waals surface area contributed by atoms with Crippen molar-refractivity contribution in [3.05, 3.63) is 59.2 Å². The summed E-state index contributed by atoms with van der Waals surface area (Å²) in [4.78, 5) is 13.1. The Hall–Kier alpha value is -1.83. The van der Waals surface area contributed by atoms with Crippen LogP contribution in [0.25, 0.3) is 0 Å². The van der Waals surface area contributed by atoms with E-state index in [2.05, 4.69) is 42.8 Å².